The summed E-state index contributed by atoms with van der Waals surface area (Å²) in [6, 6.07) is 13.3. The summed E-state index contributed by atoms with van der Waals surface area (Å²) in [7, 11) is 3.43. The van der Waals surface area contributed by atoms with Crippen molar-refractivity contribution in [1.82, 2.24) is 19.7 Å². The molecule has 3 aromatic rings. The summed E-state index contributed by atoms with van der Waals surface area (Å²) in [4.78, 5) is 20.1. The van der Waals surface area contributed by atoms with Crippen LogP contribution in [0.2, 0.25) is 0 Å². The van der Waals surface area contributed by atoms with Gasteiger partial charge in [-0.2, -0.15) is 5.10 Å². The number of hydrogen-bond donors (Lipinski definition) is 0. The van der Waals surface area contributed by atoms with E-state index in [-0.39, 0.29) is 17.6 Å². The number of benzene rings is 1. The lowest BCUT2D eigenvalue weighted by molar-refractivity contribution is 0.0822. The van der Waals surface area contributed by atoms with Crippen LogP contribution >= 0.6 is 0 Å². The van der Waals surface area contributed by atoms with Crippen LogP contribution in [0.5, 0.6) is 0 Å². The predicted octanol–water partition coefficient (Wildman–Crippen LogP) is 3.49. The predicted molar refractivity (Wildman–Crippen MR) is 110 cm³/mol. The molecule has 0 bridgehead atoms. The van der Waals surface area contributed by atoms with Gasteiger partial charge in [0.2, 0.25) is 0 Å². The van der Waals surface area contributed by atoms with Crippen molar-refractivity contribution in [2.24, 2.45) is 0 Å². The third kappa shape index (κ3) is 3.99. The van der Waals surface area contributed by atoms with Crippen LogP contribution in [-0.4, -0.2) is 52.8 Å². The highest BCUT2D eigenvalue weighted by Gasteiger charge is 2.26. The Morgan fingerprint density at radius 3 is 2.52 bits per heavy atom. The van der Waals surface area contributed by atoms with Crippen LogP contribution in [0, 0.1) is 5.82 Å². The Morgan fingerprint density at radius 1 is 1.10 bits per heavy atom. The van der Waals surface area contributed by atoms with Crippen LogP contribution in [0.4, 0.5) is 10.1 Å². The fourth-order valence-corrected chi connectivity index (χ4v) is 3.73. The molecule has 2 aromatic heterocycles. The zero-order valence-electron chi connectivity index (χ0n) is 16.6. The Balaban J connectivity index is 1.46. The minimum Gasteiger partial charge on any atom is -0.371 e. The molecule has 6 nitrogen and oxygen atoms in total. The van der Waals surface area contributed by atoms with Crippen molar-refractivity contribution in [1.29, 1.82) is 0 Å². The third-order valence-electron chi connectivity index (χ3n) is 5.33. The van der Waals surface area contributed by atoms with Gasteiger partial charge in [-0.3, -0.25) is 9.78 Å². The molecular formula is C22H24FN5O. The number of amides is 1. The SMILES string of the molecule is CN(C)C(=O)c1cc(N2CCC(c3nn(-c4ccccc4)cc3F)CC2)ccn1. The first kappa shape index (κ1) is 19.1. The molecule has 3 heterocycles. The molecule has 0 radical (unpaired) electrons. The number of halogens is 1. The van der Waals surface area contributed by atoms with Gasteiger partial charge in [0, 0.05) is 45.0 Å². The number of carbonyl (C=O) groups excluding carboxylic acids is 1. The number of piperidine rings is 1. The topological polar surface area (TPSA) is 54.3 Å². The number of para-hydroxylation sites is 1. The molecule has 1 aromatic carbocycles. The second-order valence-corrected chi connectivity index (χ2v) is 7.50. The van der Waals surface area contributed by atoms with Crippen molar-refractivity contribution in [2.45, 2.75) is 18.8 Å². The molecule has 0 aliphatic carbocycles. The van der Waals surface area contributed by atoms with Crippen molar-refractivity contribution in [3.63, 3.8) is 0 Å². The Bertz CT molecular complexity index is 993. The molecule has 1 fully saturated rings. The minimum absolute atomic E-state index is 0.0842. The Labute approximate surface area is 169 Å². The molecule has 1 saturated heterocycles. The first-order chi connectivity index (χ1) is 14.0. The maximum absolute atomic E-state index is 14.6. The van der Waals surface area contributed by atoms with Gasteiger partial charge in [0.1, 0.15) is 11.4 Å². The number of carbonyl (C=O) groups is 1. The normalized spacial score (nSPS) is 14.8. The van der Waals surface area contributed by atoms with Gasteiger partial charge in [0.25, 0.3) is 5.91 Å². The Hall–Kier alpha value is -3.22. The van der Waals surface area contributed by atoms with Crippen molar-refractivity contribution in [3.05, 3.63) is 72.1 Å². The lowest BCUT2D eigenvalue weighted by Gasteiger charge is -2.33. The molecule has 0 spiro atoms. The zero-order valence-corrected chi connectivity index (χ0v) is 16.6. The van der Waals surface area contributed by atoms with Crippen molar-refractivity contribution in [2.75, 3.05) is 32.1 Å². The molecule has 1 aliphatic heterocycles. The van der Waals surface area contributed by atoms with E-state index in [9.17, 15) is 9.18 Å². The molecule has 4 rings (SSSR count). The van der Waals surface area contributed by atoms with Gasteiger partial charge in [-0.25, -0.2) is 9.07 Å². The van der Waals surface area contributed by atoms with Gasteiger partial charge in [-0.1, -0.05) is 18.2 Å². The lowest BCUT2D eigenvalue weighted by atomic mass is 9.93. The summed E-state index contributed by atoms with van der Waals surface area (Å²) in [5.41, 5.74) is 2.79. The second kappa shape index (κ2) is 8.03. The minimum atomic E-state index is -0.255. The van der Waals surface area contributed by atoms with Gasteiger partial charge in [-0.15, -0.1) is 0 Å². The van der Waals surface area contributed by atoms with E-state index in [0.717, 1.165) is 37.3 Å². The monoisotopic (exact) mass is 393 g/mol. The van der Waals surface area contributed by atoms with E-state index in [1.165, 1.54) is 11.1 Å². The lowest BCUT2D eigenvalue weighted by Crippen LogP contribution is -2.33. The Kier molecular flexibility index (Phi) is 5.29. The standard InChI is InChI=1S/C22H24FN5O/c1-26(2)22(29)20-14-18(8-11-24-20)27-12-9-16(10-13-27)21-19(23)15-28(25-21)17-6-4-3-5-7-17/h3-8,11,14-16H,9-10,12-13H2,1-2H3. The quantitative estimate of drug-likeness (QED) is 0.681. The first-order valence-electron chi connectivity index (χ1n) is 9.76. The van der Waals surface area contributed by atoms with Gasteiger partial charge in [0.05, 0.1) is 11.9 Å². The number of rotatable bonds is 4. The highest BCUT2D eigenvalue weighted by atomic mass is 19.1. The van der Waals surface area contributed by atoms with Crippen molar-refractivity contribution in [3.8, 4) is 5.69 Å². The average Bonchev–Trinajstić information content (AvgIpc) is 3.15. The molecular weight excluding hydrogens is 369 g/mol. The number of nitrogens with zero attached hydrogens (tertiary/aromatic N) is 5. The number of hydrogen-bond acceptors (Lipinski definition) is 4. The van der Waals surface area contributed by atoms with E-state index in [1.54, 1.807) is 25.0 Å². The van der Waals surface area contributed by atoms with E-state index in [1.807, 2.05) is 42.5 Å². The van der Waals surface area contributed by atoms with Gasteiger partial charge < -0.3 is 9.80 Å². The number of aromatic nitrogens is 3. The molecule has 1 amide bonds. The van der Waals surface area contributed by atoms with Gasteiger partial charge in [-0.05, 0) is 37.1 Å². The molecule has 0 atom stereocenters. The van der Waals surface area contributed by atoms with Crippen LogP contribution in [0.3, 0.4) is 0 Å². The van der Waals surface area contributed by atoms with Crippen LogP contribution in [-0.2, 0) is 0 Å². The van der Waals surface area contributed by atoms with E-state index in [0.29, 0.717) is 11.4 Å². The summed E-state index contributed by atoms with van der Waals surface area (Å²) < 4.78 is 16.2. The number of anilines is 1. The highest BCUT2D eigenvalue weighted by Crippen LogP contribution is 2.31. The zero-order chi connectivity index (χ0) is 20.4. The van der Waals surface area contributed by atoms with Gasteiger partial charge in [0.15, 0.2) is 5.82 Å². The summed E-state index contributed by atoms with van der Waals surface area (Å²) in [5.74, 6) is -0.286. The second-order valence-electron chi connectivity index (χ2n) is 7.50. The van der Waals surface area contributed by atoms with E-state index < -0.39 is 0 Å². The van der Waals surface area contributed by atoms with Crippen molar-refractivity contribution < 1.29 is 9.18 Å². The molecule has 0 unspecified atom stereocenters. The Morgan fingerprint density at radius 2 is 1.83 bits per heavy atom. The van der Waals surface area contributed by atoms with Crippen LogP contribution in [0.1, 0.15) is 34.9 Å². The smallest absolute Gasteiger partial charge is 0.272 e. The largest absolute Gasteiger partial charge is 0.371 e. The maximum atomic E-state index is 14.6. The van der Waals surface area contributed by atoms with Crippen LogP contribution < -0.4 is 4.90 Å². The van der Waals surface area contributed by atoms with Crippen LogP contribution in [0.15, 0.2) is 54.9 Å². The van der Waals surface area contributed by atoms with E-state index in [2.05, 4.69) is 15.0 Å². The molecule has 29 heavy (non-hydrogen) atoms. The summed E-state index contributed by atoms with van der Waals surface area (Å²) >= 11 is 0. The fraction of sp³-hybridized carbons (Fsp3) is 0.318. The third-order valence-corrected chi connectivity index (χ3v) is 5.33. The molecule has 0 saturated carbocycles. The van der Waals surface area contributed by atoms with Gasteiger partial charge >= 0.3 is 0 Å². The van der Waals surface area contributed by atoms with E-state index in [4.69, 9.17) is 0 Å². The maximum Gasteiger partial charge on any atom is 0.272 e. The first-order valence-corrected chi connectivity index (χ1v) is 9.76. The van der Waals surface area contributed by atoms with E-state index >= 15 is 0 Å². The molecule has 150 valence electrons. The average molecular weight is 393 g/mol. The molecule has 1 aliphatic rings. The number of pyridine rings is 1. The molecule has 7 heteroatoms. The summed E-state index contributed by atoms with van der Waals surface area (Å²) in [6.45, 7) is 1.56. The highest BCUT2D eigenvalue weighted by molar-refractivity contribution is 5.92. The summed E-state index contributed by atoms with van der Waals surface area (Å²) in [5, 5.41) is 4.52. The summed E-state index contributed by atoms with van der Waals surface area (Å²) in [6.07, 6.45) is 4.74. The molecule has 0 N–H and O–H groups in total. The van der Waals surface area contributed by atoms with Crippen molar-refractivity contribution >= 4 is 11.6 Å². The van der Waals surface area contributed by atoms with Crippen LogP contribution in [0.25, 0.3) is 5.69 Å². The fourth-order valence-electron chi connectivity index (χ4n) is 3.73.